The molecule has 0 saturated carbocycles. The fourth-order valence-corrected chi connectivity index (χ4v) is 1.39. The number of rotatable bonds is 0. The Morgan fingerprint density at radius 3 is 2.89 bits per heavy atom. The molecule has 0 amide bonds. The van der Waals surface area contributed by atoms with Gasteiger partial charge in [-0.1, -0.05) is 11.6 Å². The highest BCUT2D eigenvalue weighted by Crippen LogP contribution is 2.12. The molecule has 1 rings (SSSR count). The van der Waals surface area contributed by atoms with Crippen molar-refractivity contribution in [2.75, 3.05) is 0 Å². The van der Waals surface area contributed by atoms with Crippen molar-refractivity contribution in [2.45, 2.75) is 6.92 Å². The monoisotopic (exact) mass is 204 g/mol. The summed E-state index contributed by atoms with van der Waals surface area (Å²) in [5.74, 6) is 0. The van der Waals surface area contributed by atoms with Gasteiger partial charge in [-0.15, -0.1) is 0 Å². The second kappa shape index (κ2) is 2.67. The Balaban J connectivity index is 3.17. The first-order chi connectivity index (χ1) is 4.18. The van der Waals surface area contributed by atoms with Crippen LogP contribution in [0.5, 0.6) is 0 Å². The minimum Gasteiger partial charge on any atom is -0.229 e. The predicted octanol–water partition coefficient (Wildman–Crippen LogP) is 2.61. The van der Waals surface area contributed by atoms with Crippen LogP contribution in [-0.4, -0.2) is 4.98 Å². The molecule has 1 radical (unpaired) electrons. The number of halogens is 2. The largest absolute Gasteiger partial charge is 0.229 e. The molecule has 9 heavy (non-hydrogen) atoms. The standard InChI is InChI=1S/C6H4BrClN/c1-4-2-5(7)9-6(8)3-4/h3H,1H3. The lowest BCUT2D eigenvalue weighted by molar-refractivity contribution is 1.23. The van der Waals surface area contributed by atoms with Crippen LogP contribution >= 0.6 is 27.5 Å². The van der Waals surface area contributed by atoms with Gasteiger partial charge >= 0.3 is 0 Å². The molecular formula is C6H4BrClN. The van der Waals surface area contributed by atoms with Crippen LogP contribution in [0.4, 0.5) is 0 Å². The van der Waals surface area contributed by atoms with Crippen LogP contribution in [0.15, 0.2) is 10.7 Å². The third-order valence-electron chi connectivity index (χ3n) is 0.841. The number of nitrogens with zero attached hydrogens (tertiary/aromatic N) is 1. The Bertz CT molecular complexity index is 174. The van der Waals surface area contributed by atoms with Crippen molar-refractivity contribution < 1.29 is 0 Å². The van der Waals surface area contributed by atoms with Crippen molar-refractivity contribution in [1.82, 2.24) is 4.98 Å². The zero-order valence-corrected chi connectivity index (χ0v) is 7.12. The maximum atomic E-state index is 5.59. The molecule has 0 atom stereocenters. The molecule has 0 aromatic carbocycles. The average Bonchev–Trinajstić information content (AvgIpc) is 1.59. The molecule has 0 N–H and O–H groups in total. The molecule has 3 heteroatoms. The highest BCUT2D eigenvalue weighted by Gasteiger charge is 1.93. The second-order valence-corrected chi connectivity index (χ2v) is 2.82. The summed E-state index contributed by atoms with van der Waals surface area (Å²) < 4.78 is 0.660. The second-order valence-electron chi connectivity index (χ2n) is 1.68. The number of pyridine rings is 1. The topological polar surface area (TPSA) is 12.9 Å². The highest BCUT2D eigenvalue weighted by molar-refractivity contribution is 9.10. The SMILES string of the molecule is Cc1[c]c(Br)nc(Cl)c1. The van der Waals surface area contributed by atoms with Crippen LogP contribution in [0.1, 0.15) is 5.56 Å². The van der Waals surface area contributed by atoms with Gasteiger partial charge in [0.05, 0.1) is 0 Å². The van der Waals surface area contributed by atoms with E-state index < -0.39 is 0 Å². The van der Waals surface area contributed by atoms with E-state index in [2.05, 4.69) is 27.0 Å². The minimum atomic E-state index is 0.498. The summed E-state index contributed by atoms with van der Waals surface area (Å²) >= 11 is 8.75. The normalized spacial score (nSPS) is 9.67. The molecule has 0 aliphatic rings. The molecule has 1 heterocycles. The quantitative estimate of drug-likeness (QED) is 0.593. The smallest absolute Gasteiger partial charge is 0.130 e. The van der Waals surface area contributed by atoms with Gasteiger partial charge in [-0.25, -0.2) is 4.98 Å². The number of aryl methyl sites for hydroxylation is 1. The number of hydrogen-bond donors (Lipinski definition) is 0. The van der Waals surface area contributed by atoms with Crippen LogP contribution < -0.4 is 0 Å². The molecule has 0 fully saturated rings. The minimum absolute atomic E-state index is 0.498. The van der Waals surface area contributed by atoms with E-state index in [1.807, 2.05) is 6.92 Å². The summed E-state index contributed by atoms with van der Waals surface area (Å²) in [6.07, 6.45) is 0. The van der Waals surface area contributed by atoms with E-state index in [9.17, 15) is 0 Å². The number of aromatic nitrogens is 1. The van der Waals surface area contributed by atoms with Gasteiger partial charge in [-0.2, -0.15) is 0 Å². The van der Waals surface area contributed by atoms with E-state index >= 15 is 0 Å². The van der Waals surface area contributed by atoms with Crippen LogP contribution in [0.2, 0.25) is 5.15 Å². The van der Waals surface area contributed by atoms with Gasteiger partial charge in [0.2, 0.25) is 0 Å². The maximum Gasteiger partial charge on any atom is 0.130 e. The molecule has 0 bridgehead atoms. The van der Waals surface area contributed by atoms with Crippen molar-refractivity contribution in [3.05, 3.63) is 27.5 Å². The third-order valence-corrected chi connectivity index (χ3v) is 1.41. The van der Waals surface area contributed by atoms with Gasteiger partial charge in [-0.3, -0.25) is 0 Å². The molecule has 1 aromatic heterocycles. The van der Waals surface area contributed by atoms with Crippen LogP contribution in [0.3, 0.4) is 0 Å². The van der Waals surface area contributed by atoms with Crippen LogP contribution in [0, 0.1) is 13.0 Å². The molecular weight excluding hydrogens is 201 g/mol. The Kier molecular flexibility index (Phi) is 2.09. The summed E-state index contributed by atoms with van der Waals surface area (Å²) in [7, 11) is 0. The molecule has 0 aliphatic heterocycles. The molecule has 1 aromatic rings. The fraction of sp³-hybridized carbons (Fsp3) is 0.167. The molecule has 47 valence electrons. The fourth-order valence-electron chi connectivity index (χ4n) is 0.531. The van der Waals surface area contributed by atoms with Gasteiger partial charge in [0.1, 0.15) is 9.76 Å². The predicted molar refractivity (Wildman–Crippen MR) is 40.5 cm³/mol. The average molecular weight is 205 g/mol. The van der Waals surface area contributed by atoms with Gasteiger partial charge in [0.25, 0.3) is 0 Å². The summed E-state index contributed by atoms with van der Waals surface area (Å²) in [6, 6.07) is 4.69. The molecule has 0 aliphatic carbocycles. The third kappa shape index (κ3) is 1.95. The Labute approximate surface area is 67.2 Å². The molecule has 1 nitrogen and oxygen atoms in total. The van der Waals surface area contributed by atoms with Crippen molar-refractivity contribution >= 4 is 27.5 Å². The van der Waals surface area contributed by atoms with E-state index in [1.165, 1.54) is 0 Å². The van der Waals surface area contributed by atoms with Crippen molar-refractivity contribution in [3.8, 4) is 0 Å². The summed E-state index contributed by atoms with van der Waals surface area (Å²) in [5.41, 5.74) is 0.988. The lowest BCUT2D eigenvalue weighted by atomic mass is 10.3. The van der Waals surface area contributed by atoms with Gasteiger partial charge in [0.15, 0.2) is 0 Å². The van der Waals surface area contributed by atoms with Gasteiger partial charge in [0, 0.05) is 6.07 Å². The van der Waals surface area contributed by atoms with Crippen LogP contribution in [-0.2, 0) is 0 Å². The Hall–Kier alpha value is -0.0800. The van der Waals surface area contributed by atoms with Gasteiger partial charge in [-0.05, 0) is 34.5 Å². The van der Waals surface area contributed by atoms with E-state index in [1.54, 1.807) is 6.07 Å². The van der Waals surface area contributed by atoms with E-state index in [0.717, 1.165) is 5.56 Å². The van der Waals surface area contributed by atoms with Gasteiger partial charge < -0.3 is 0 Å². The van der Waals surface area contributed by atoms with Crippen LogP contribution in [0.25, 0.3) is 0 Å². The van der Waals surface area contributed by atoms with Crippen molar-refractivity contribution in [3.63, 3.8) is 0 Å². The molecule has 0 saturated heterocycles. The van der Waals surface area contributed by atoms with Crippen molar-refractivity contribution in [2.24, 2.45) is 0 Å². The molecule has 0 unspecified atom stereocenters. The Morgan fingerprint density at radius 1 is 1.78 bits per heavy atom. The first-order valence-corrected chi connectivity index (χ1v) is 3.57. The highest BCUT2D eigenvalue weighted by atomic mass is 79.9. The first-order valence-electron chi connectivity index (χ1n) is 2.40. The maximum absolute atomic E-state index is 5.59. The summed E-state index contributed by atoms with van der Waals surface area (Å²) in [5, 5.41) is 0.498. The van der Waals surface area contributed by atoms with E-state index in [4.69, 9.17) is 11.6 Å². The zero-order chi connectivity index (χ0) is 6.85. The lowest BCUT2D eigenvalue weighted by Crippen LogP contribution is -1.79. The summed E-state index contributed by atoms with van der Waals surface area (Å²) in [4.78, 5) is 3.86. The van der Waals surface area contributed by atoms with E-state index in [-0.39, 0.29) is 0 Å². The van der Waals surface area contributed by atoms with E-state index in [0.29, 0.717) is 9.76 Å². The Morgan fingerprint density at radius 2 is 2.44 bits per heavy atom. The lowest BCUT2D eigenvalue weighted by Gasteiger charge is -1.92. The summed E-state index contributed by atoms with van der Waals surface area (Å²) in [6.45, 7) is 1.92. The van der Waals surface area contributed by atoms with Crippen molar-refractivity contribution in [1.29, 1.82) is 0 Å². The first kappa shape index (κ1) is 7.03. The number of hydrogen-bond acceptors (Lipinski definition) is 1. The zero-order valence-electron chi connectivity index (χ0n) is 4.78. The molecule has 0 spiro atoms.